The first-order valence-electron chi connectivity index (χ1n) is 6.95. The number of nitro groups is 1. The van der Waals surface area contributed by atoms with Gasteiger partial charge in [0.2, 0.25) is 0 Å². The van der Waals surface area contributed by atoms with Gasteiger partial charge in [0.15, 0.2) is 9.86 Å². The van der Waals surface area contributed by atoms with Gasteiger partial charge in [-0.2, -0.15) is 0 Å². The second-order valence-electron chi connectivity index (χ2n) is 5.20. The topological polar surface area (TPSA) is 124 Å². The average Bonchev–Trinajstić information content (AvgIpc) is 2.97. The second kappa shape index (κ2) is 5.93. The van der Waals surface area contributed by atoms with Crippen molar-refractivity contribution in [1.82, 2.24) is 9.38 Å². The summed E-state index contributed by atoms with van der Waals surface area (Å²) in [5.41, 5.74) is -0.704. The van der Waals surface area contributed by atoms with E-state index in [4.69, 9.17) is 0 Å². The molecule has 0 bridgehead atoms. The number of hydrogen-bond donors (Lipinski definition) is 1. The predicted molar refractivity (Wildman–Crippen MR) is 92.7 cm³/mol. The van der Waals surface area contributed by atoms with Crippen LogP contribution in [0.15, 0.2) is 39.5 Å². The first-order valence-corrected chi connectivity index (χ1v) is 9.32. The quantitative estimate of drug-likeness (QED) is 0.546. The Bertz CT molecular complexity index is 1160. The maximum Gasteiger partial charge on any atom is 0.279 e. The number of thiazole rings is 1. The molecule has 0 amide bonds. The van der Waals surface area contributed by atoms with E-state index in [0.717, 1.165) is 4.40 Å². The molecule has 0 aliphatic heterocycles. The van der Waals surface area contributed by atoms with Crippen molar-refractivity contribution in [3.8, 4) is 0 Å². The number of anilines is 1. The molecule has 0 radical (unpaired) electrons. The monoisotopic (exact) mass is 380 g/mol. The van der Waals surface area contributed by atoms with Gasteiger partial charge in [0.05, 0.1) is 21.9 Å². The number of rotatable bonds is 4. The molecule has 1 aromatic carbocycles. The van der Waals surface area contributed by atoms with E-state index in [-0.39, 0.29) is 22.6 Å². The van der Waals surface area contributed by atoms with E-state index in [1.165, 1.54) is 49.6 Å². The molecular weight excluding hydrogens is 368 g/mol. The molecule has 2 heterocycles. The minimum absolute atomic E-state index is 0.0309. The number of sulfonamides is 1. The van der Waals surface area contributed by atoms with Crippen LogP contribution in [0.25, 0.3) is 4.96 Å². The summed E-state index contributed by atoms with van der Waals surface area (Å²) in [4.78, 5) is 26.9. The SMILES string of the molecule is Cc1nc2sccn2c(=O)c1S(=O)(=O)Nc1cccc([N+](=O)[O-])c1C. The number of fused-ring (bicyclic) bond motifs is 1. The fraction of sp³-hybridized carbons (Fsp3) is 0.143. The molecule has 0 saturated carbocycles. The first-order chi connectivity index (χ1) is 11.7. The Morgan fingerprint density at radius 3 is 2.72 bits per heavy atom. The molecule has 0 aliphatic rings. The van der Waals surface area contributed by atoms with Gasteiger partial charge >= 0.3 is 0 Å². The van der Waals surface area contributed by atoms with Crippen LogP contribution >= 0.6 is 11.3 Å². The van der Waals surface area contributed by atoms with Gasteiger partial charge in [0.25, 0.3) is 21.3 Å². The molecule has 0 aliphatic carbocycles. The Balaban J connectivity index is 2.15. The Morgan fingerprint density at radius 2 is 2.04 bits per heavy atom. The smallest absolute Gasteiger partial charge is 0.279 e. The van der Waals surface area contributed by atoms with E-state index in [0.29, 0.717) is 4.96 Å². The summed E-state index contributed by atoms with van der Waals surface area (Å²) in [6, 6.07) is 4.03. The lowest BCUT2D eigenvalue weighted by Crippen LogP contribution is -2.27. The molecule has 11 heteroatoms. The van der Waals surface area contributed by atoms with Gasteiger partial charge < -0.3 is 0 Å². The normalized spacial score (nSPS) is 11.6. The molecule has 3 aromatic rings. The summed E-state index contributed by atoms with van der Waals surface area (Å²) >= 11 is 1.21. The third kappa shape index (κ3) is 2.87. The van der Waals surface area contributed by atoms with Crippen LogP contribution in [0.3, 0.4) is 0 Å². The van der Waals surface area contributed by atoms with E-state index in [1.807, 2.05) is 0 Å². The van der Waals surface area contributed by atoms with Crippen LogP contribution in [0.2, 0.25) is 0 Å². The number of hydrogen-bond acceptors (Lipinski definition) is 7. The van der Waals surface area contributed by atoms with Gasteiger partial charge in [-0.3, -0.25) is 24.0 Å². The minimum atomic E-state index is -4.27. The maximum absolute atomic E-state index is 12.7. The molecule has 1 N–H and O–H groups in total. The Kier molecular flexibility index (Phi) is 4.05. The van der Waals surface area contributed by atoms with Crippen LogP contribution in [0.4, 0.5) is 11.4 Å². The highest BCUT2D eigenvalue weighted by atomic mass is 32.2. The van der Waals surface area contributed by atoms with Gasteiger partial charge in [-0.05, 0) is 19.9 Å². The zero-order valence-electron chi connectivity index (χ0n) is 13.1. The average molecular weight is 380 g/mol. The highest BCUT2D eigenvalue weighted by Gasteiger charge is 2.26. The molecule has 3 rings (SSSR count). The standard InChI is InChI=1S/C14H12N4O5S2/c1-8-10(4-3-5-11(8)18(20)21)16-25(22,23)12-9(2)15-14-17(13(12)19)6-7-24-14/h3-7,16H,1-2H3. The number of benzene rings is 1. The lowest BCUT2D eigenvalue weighted by atomic mass is 10.2. The van der Waals surface area contributed by atoms with E-state index in [9.17, 15) is 23.3 Å². The van der Waals surface area contributed by atoms with Crippen molar-refractivity contribution in [3.05, 3.63) is 61.5 Å². The Hall–Kier alpha value is -2.79. The van der Waals surface area contributed by atoms with Crippen LogP contribution in [-0.2, 0) is 10.0 Å². The fourth-order valence-electron chi connectivity index (χ4n) is 2.40. The summed E-state index contributed by atoms with van der Waals surface area (Å²) < 4.78 is 28.8. The summed E-state index contributed by atoms with van der Waals surface area (Å²) in [6.07, 6.45) is 1.44. The first kappa shape index (κ1) is 17.0. The molecular formula is C14H12N4O5S2. The molecule has 0 atom stereocenters. The van der Waals surface area contributed by atoms with Gasteiger partial charge in [-0.25, -0.2) is 13.4 Å². The van der Waals surface area contributed by atoms with Crippen LogP contribution in [0, 0.1) is 24.0 Å². The van der Waals surface area contributed by atoms with E-state index in [1.54, 1.807) is 5.38 Å². The highest BCUT2D eigenvalue weighted by molar-refractivity contribution is 7.92. The number of aromatic nitrogens is 2. The highest BCUT2D eigenvalue weighted by Crippen LogP contribution is 2.27. The van der Waals surface area contributed by atoms with Gasteiger partial charge in [-0.1, -0.05) is 6.07 Å². The lowest BCUT2D eigenvalue weighted by molar-refractivity contribution is -0.385. The molecule has 0 spiro atoms. The van der Waals surface area contributed by atoms with Crippen LogP contribution in [0.5, 0.6) is 0 Å². The van der Waals surface area contributed by atoms with Crippen molar-refractivity contribution in [1.29, 1.82) is 0 Å². The lowest BCUT2D eigenvalue weighted by Gasteiger charge is -2.11. The summed E-state index contributed by atoms with van der Waals surface area (Å²) in [5.74, 6) is 0. The van der Waals surface area contributed by atoms with Crippen molar-refractivity contribution < 1.29 is 13.3 Å². The zero-order chi connectivity index (χ0) is 18.4. The molecule has 0 unspecified atom stereocenters. The third-order valence-electron chi connectivity index (χ3n) is 3.61. The van der Waals surface area contributed by atoms with Crippen LogP contribution in [-0.4, -0.2) is 22.7 Å². The maximum atomic E-state index is 12.7. The van der Waals surface area contributed by atoms with Gasteiger partial charge in [0, 0.05) is 17.6 Å². The largest absolute Gasteiger partial charge is 0.279 e. The molecule has 9 nitrogen and oxygen atoms in total. The van der Waals surface area contributed by atoms with Gasteiger partial charge in [0.1, 0.15) is 0 Å². The fourth-order valence-corrected chi connectivity index (χ4v) is 4.53. The van der Waals surface area contributed by atoms with Crippen molar-refractivity contribution in [2.75, 3.05) is 4.72 Å². The second-order valence-corrected chi connectivity index (χ2v) is 7.69. The Morgan fingerprint density at radius 1 is 1.32 bits per heavy atom. The summed E-state index contributed by atoms with van der Waals surface area (Å²) in [7, 11) is -4.27. The molecule has 0 saturated heterocycles. The molecule has 0 fully saturated rings. The number of nitro benzene ring substituents is 1. The predicted octanol–water partition coefficient (Wildman–Crippen LogP) is 2.08. The van der Waals surface area contributed by atoms with Crippen molar-refractivity contribution in [2.45, 2.75) is 18.7 Å². The van der Waals surface area contributed by atoms with E-state index < -0.39 is 25.4 Å². The number of nitrogens with zero attached hydrogens (tertiary/aromatic N) is 3. The van der Waals surface area contributed by atoms with E-state index in [2.05, 4.69) is 9.71 Å². The van der Waals surface area contributed by atoms with Crippen LogP contribution in [0.1, 0.15) is 11.3 Å². The summed E-state index contributed by atoms with van der Waals surface area (Å²) in [5, 5.41) is 12.6. The van der Waals surface area contributed by atoms with Crippen molar-refractivity contribution in [3.63, 3.8) is 0 Å². The number of aryl methyl sites for hydroxylation is 1. The molecule has 130 valence electrons. The van der Waals surface area contributed by atoms with Crippen molar-refractivity contribution >= 4 is 37.7 Å². The van der Waals surface area contributed by atoms with E-state index >= 15 is 0 Å². The molecule has 2 aromatic heterocycles. The molecule has 25 heavy (non-hydrogen) atoms. The summed E-state index contributed by atoms with van der Waals surface area (Å²) in [6.45, 7) is 2.85. The van der Waals surface area contributed by atoms with Crippen LogP contribution < -0.4 is 10.3 Å². The minimum Gasteiger partial charge on any atom is -0.279 e. The van der Waals surface area contributed by atoms with Crippen molar-refractivity contribution in [2.24, 2.45) is 0 Å². The zero-order valence-corrected chi connectivity index (χ0v) is 14.7. The Labute approximate surface area is 145 Å². The third-order valence-corrected chi connectivity index (χ3v) is 5.86. The number of nitrogens with one attached hydrogen (secondary N) is 1. The van der Waals surface area contributed by atoms with Gasteiger partial charge in [-0.15, -0.1) is 11.3 Å².